The largest absolute Gasteiger partial charge is 0.488 e. The second-order valence-electron chi connectivity index (χ2n) is 2.25. The van der Waals surface area contributed by atoms with Crippen LogP contribution in [0.4, 0.5) is 0 Å². The zero-order chi connectivity index (χ0) is 8.27. The van der Waals surface area contributed by atoms with E-state index in [1.807, 2.05) is 6.07 Å². The van der Waals surface area contributed by atoms with Crippen LogP contribution in [0.2, 0.25) is 0 Å². The van der Waals surface area contributed by atoms with Crippen LogP contribution in [0.15, 0.2) is 24.3 Å². The van der Waals surface area contributed by atoms with E-state index in [1.54, 1.807) is 18.2 Å². The summed E-state index contributed by atoms with van der Waals surface area (Å²) < 4.78 is 0. The summed E-state index contributed by atoms with van der Waals surface area (Å²) in [6.07, 6.45) is 0. The Bertz CT molecular complexity index is 240. The molecular weight excluding hydrogens is 162 g/mol. The van der Waals surface area contributed by atoms with Gasteiger partial charge in [0.05, 0.1) is 0 Å². The third-order valence-corrected chi connectivity index (χ3v) is 1.71. The summed E-state index contributed by atoms with van der Waals surface area (Å²) in [5, 5.41) is 17.5. The molecular formula is C7H8BClO2. The minimum atomic E-state index is -1.40. The minimum absolute atomic E-state index is 0.389. The number of benzene rings is 1. The lowest BCUT2D eigenvalue weighted by Crippen LogP contribution is -2.29. The van der Waals surface area contributed by atoms with E-state index in [9.17, 15) is 0 Å². The Morgan fingerprint density at radius 1 is 1.36 bits per heavy atom. The van der Waals surface area contributed by atoms with E-state index in [4.69, 9.17) is 21.6 Å². The molecule has 1 aromatic rings. The van der Waals surface area contributed by atoms with Crippen LogP contribution in [-0.4, -0.2) is 17.2 Å². The number of halogens is 1. The van der Waals surface area contributed by atoms with Crippen molar-refractivity contribution in [3.05, 3.63) is 29.8 Å². The fraction of sp³-hybridized carbons (Fsp3) is 0.143. The monoisotopic (exact) mass is 170 g/mol. The van der Waals surface area contributed by atoms with Crippen LogP contribution in [0.25, 0.3) is 0 Å². The van der Waals surface area contributed by atoms with Gasteiger partial charge in [-0.2, -0.15) is 0 Å². The quantitative estimate of drug-likeness (QED) is 0.488. The van der Waals surface area contributed by atoms with Crippen molar-refractivity contribution in [3.8, 4) is 0 Å². The predicted molar refractivity (Wildman–Crippen MR) is 45.8 cm³/mol. The van der Waals surface area contributed by atoms with Crippen molar-refractivity contribution in [2.45, 2.75) is 5.88 Å². The molecule has 0 aliphatic carbocycles. The maximum atomic E-state index is 8.76. The van der Waals surface area contributed by atoms with Crippen molar-refractivity contribution in [2.75, 3.05) is 0 Å². The van der Waals surface area contributed by atoms with Crippen LogP contribution in [0, 0.1) is 0 Å². The van der Waals surface area contributed by atoms with E-state index in [0.29, 0.717) is 11.3 Å². The Kier molecular flexibility index (Phi) is 2.94. The molecule has 11 heavy (non-hydrogen) atoms. The van der Waals surface area contributed by atoms with E-state index >= 15 is 0 Å². The van der Waals surface area contributed by atoms with Crippen LogP contribution in [-0.2, 0) is 5.88 Å². The molecule has 0 aliphatic rings. The Balaban J connectivity index is 2.91. The molecule has 0 radical (unpaired) electrons. The van der Waals surface area contributed by atoms with Crippen molar-refractivity contribution < 1.29 is 10.0 Å². The lowest BCUT2D eigenvalue weighted by Gasteiger charge is -2.00. The molecule has 2 N–H and O–H groups in total. The van der Waals surface area contributed by atoms with E-state index in [0.717, 1.165) is 5.56 Å². The molecule has 2 nitrogen and oxygen atoms in total. The fourth-order valence-corrected chi connectivity index (χ4v) is 1.00. The first-order valence-electron chi connectivity index (χ1n) is 3.25. The SMILES string of the molecule is OB(O)c1cccc(CCl)c1. The average molecular weight is 170 g/mol. The molecule has 0 heterocycles. The Hall–Kier alpha value is -0.505. The molecule has 58 valence electrons. The molecule has 0 spiro atoms. The van der Waals surface area contributed by atoms with Crippen molar-refractivity contribution in [3.63, 3.8) is 0 Å². The summed E-state index contributed by atoms with van der Waals surface area (Å²) in [5.41, 5.74) is 1.36. The van der Waals surface area contributed by atoms with Gasteiger partial charge in [0.2, 0.25) is 0 Å². The van der Waals surface area contributed by atoms with Gasteiger partial charge in [0, 0.05) is 5.88 Å². The predicted octanol–water partition coefficient (Wildman–Crippen LogP) is 0.105. The summed E-state index contributed by atoms with van der Waals surface area (Å²) in [6.45, 7) is 0. The first-order chi connectivity index (χ1) is 5.24. The van der Waals surface area contributed by atoms with Gasteiger partial charge in [0.15, 0.2) is 0 Å². The van der Waals surface area contributed by atoms with Crippen LogP contribution >= 0.6 is 11.6 Å². The van der Waals surface area contributed by atoms with Gasteiger partial charge in [-0.15, -0.1) is 11.6 Å². The van der Waals surface area contributed by atoms with E-state index < -0.39 is 7.12 Å². The lowest BCUT2D eigenvalue weighted by molar-refractivity contribution is 0.425. The van der Waals surface area contributed by atoms with Crippen molar-refractivity contribution >= 4 is 24.2 Å². The number of rotatable bonds is 2. The average Bonchev–Trinajstić information content (AvgIpc) is 2.05. The Morgan fingerprint density at radius 2 is 2.09 bits per heavy atom. The summed E-state index contributed by atoms with van der Waals surface area (Å²) >= 11 is 5.54. The molecule has 0 aromatic heterocycles. The van der Waals surface area contributed by atoms with Gasteiger partial charge in [-0.1, -0.05) is 24.3 Å². The van der Waals surface area contributed by atoms with Crippen LogP contribution < -0.4 is 5.46 Å². The van der Waals surface area contributed by atoms with Crippen LogP contribution in [0.1, 0.15) is 5.56 Å². The number of alkyl halides is 1. The minimum Gasteiger partial charge on any atom is -0.423 e. The molecule has 0 unspecified atom stereocenters. The molecule has 0 saturated carbocycles. The zero-order valence-electron chi connectivity index (χ0n) is 5.87. The third kappa shape index (κ3) is 2.22. The standard InChI is InChI=1S/C7H8BClO2/c9-5-6-2-1-3-7(4-6)8(10)11/h1-4,10-11H,5H2. The maximum Gasteiger partial charge on any atom is 0.488 e. The highest BCUT2D eigenvalue weighted by Gasteiger charge is 2.09. The molecule has 0 aliphatic heterocycles. The molecule has 0 bridgehead atoms. The second kappa shape index (κ2) is 3.76. The Morgan fingerprint density at radius 3 is 2.64 bits per heavy atom. The summed E-state index contributed by atoms with van der Waals surface area (Å²) in [7, 11) is -1.40. The second-order valence-corrected chi connectivity index (χ2v) is 2.52. The number of hydrogen-bond donors (Lipinski definition) is 2. The molecule has 0 fully saturated rings. The maximum absolute atomic E-state index is 8.76. The summed E-state index contributed by atoms with van der Waals surface area (Å²) in [5.74, 6) is 0.389. The highest BCUT2D eigenvalue weighted by Crippen LogP contribution is 2.00. The van der Waals surface area contributed by atoms with Crippen LogP contribution in [0.3, 0.4) is 0 Å². The van der Waals surface area contributed by atoms with Gasteiger partial charge < -0.3 is 10.0 Å². The third-order valence-electron chi connectivity index (χ3n) is 1.40. The first-order valence-corrected chi connectivity index (χ1v) is 3.78. The topological polar surface area (TPSA) is 40.5 Å². The number of hydrogen-bond acceptors (Lipinski definition) is 2. The molecule has 4 heteroatoms. The van der Waals surface area contributed by atoms with Gasteiger partial charge in [0.25, 0.3) is 0 Å². The molecule has 1 rings (SSSR count). The summed E-state index contributed by atoms with van der Waals surface area (Å²) in [6, 6.07) is 6.88. The molecule has 0 amide bonds. The molecule has 0 saturated heterocycles. The van der Waals surface area contributed by atoms with E-state index in [1.165, 1.54) is 0 Å². The van der Waals surface area contributed by atoms with E-state index in [-0.39, 0.29) is 0 Å². The zero-order valence-corrected chi connectivity index (χ0v) is 6.62. The van der Waals surface area contributed by atoms with Gasteiger partial charge in [0.1, 0.15) is 0 Å². The van der Waals surface area contributed by atoms with E-state index in [2.05, 4.69) is 0 Å². The van der Waals surface area contributed by atoms with Crippen molar-refractivity contribution in [2.24, 2.45) is 0 Å². The Labute approximate surface area is 70.6 Å². The lowest BCUT2D eigenvalue weighted by atomic mass is 9.80. The van der Waals surface area contributed by atoms with Gasteiger partial charge in [-0.05, 0) is 11.0 Å². The summed E-state index contributed by atoms with van der Waals surface area (Å²) in [4.78, 5) is 0. The first kappa shape index (κ1) is 8.59. The smallest absolute Gasteiger partial charge is 0.423 e. The van der Waals surface area contributed by atoms with Gasteiger partial charge in [-0.25, -0.2) is 0 Å². The highest BCUT2D eigenvalue weighted by atomic mass is 35.5. The van der Waals surface area contributed by atoms with Gasteiger partial charge in [-0.3, -0.25) is 0 Å². The highest BCUT2D eigenvalue weighted by molar-refractivity contribution is 6.58. The fourth-order valence-electron chi connectivity index (χ4n) is 0.837. The molecule has 0 atom stereocenters. The normalized spacial score (nSPS) is 9.73. The van der Waals surface area contributed by atoms with Crippen molar-refractivity contribution in [1.29, 1.82) is 0 Å². The molecule has 1 aromatic carbocycles. The van der Waals surface area contributed by atoms with Gasteiger partial charge >= 0.3 is 7.12 Å². The van der Waals surface area contributed by atoms with Crippen LogP contribution in [0.5, 0.6) is 0 Å². The van der Waals surface area contributed by atoms with Crippen molar-refractivity contribution in [1.82, 2.24) is 0 Å².